The van der Waals surface area contributed by atoms with Gasteiger partial charge in [-0.1, -0.05) is 36.4 Å². The van der Waals surface area contributed by atoms with Gasteiger partial charge < -0.3 is 11.1 Å². The van der Waals surface area contributed by atoms with E-state index in [4.69, 9.17) is 5.73 Å². The molecule has 0 radical (unpaired) electrons. The van der Waals surface area contributed by atoms with Gasteiger partial charge >= 0.3 is 0 Å². The molecule has 0 unspecified atom stereocenters. The Bertz CT molecular complexity index is 877. The van der Waals surface area contributed by atoms with Gasteiger partial charge in [-0.3, -0.25) is 4.79 Å². The normalized spacial score (nSPS) is 11.0. The number of allylic oxidation sites excluding steroid dienone is 1. The molecule has 0 saturated heterocycles. The molecule has 0 aliphatic heterocycles. The number of carbonyl (C=O) groups is 1. The maximum absolute atomic E-state index is 11.3. The van der Waals surface area contributed by atoms with Gasteiger partial charge in [0.05, 0.1) is 24.1 Å². The number of aromatic nitrogens is 2. The lowest BCUT2D eigenvalue weighted by molar-refractivity contribution is -0.114. The zero-order chi connectivity index (χ0) is 17.6. The van der Waals surface area contributed by atoms with Gasteiger partial charge in [0.15, 0.2) is 0 Å². The molecule has 1 aromatic heterocycles. The highest BCUT2D eigenvalue weighted by atomic mass is 16.1. The lowest BCUT2D eigenvalue weighted by Crippen LogP contribution is -2.21. The standard InChI is InChI=1S/C20H20N4O/c1-2-3-15-4-6-16(7-5-15)19-12-13-22-24(19)18-10-8-17(9-11-18)23-20(25)14-21/h2-13H,14,21H2,1H3,(H,23,25)/b3-2+. The average molecular weight is 332 g/mol. The molecule has 3 rings (SSSR count). The number of carbonyl (C=O) groups excluding carboxylic acids is 1. The second kappa shape index (κ2) is 7.59. The predicted molar refractivity (Wildman–Crippen MR) is 101 cm³/mol. The van der Waals surface area contributed by atoms with Crippen molar-refractivity contribution in [3.05, 3.63) is 72.4 Å². The SMILES string of the molecule is C/C=C/c1ccc(-c2ccnn2-c2ccc(NC(=O)CN)cc2)cc1. The Balaban J connectivity index is 1.87. The number of nitrogens with two attached hydrogens (primary N) is 1. The minimum atomic E-state index is -0.214. The first-order valence-corrected chi connectivity index (χ1v) is 8.09. The summed E-state index contributed by atoms with van der Waals surface area (Å²) in [6, 6.07) is 17.8. The predicted octanol–water partition coefficient (Wildman–Crippen LogP) is 3.47. The van der Waals surface area contributed by atoms with Gasteiger partial charge in [0.1, 0.15) is 0 Å². The van der Waals surface area contributed by atoms with Crippen LogP contribution < -0.4 is 11.1 Å². The summed E-state index contributed by atoms with van der Waals surface area (Å²) in [7, 11) is 0. The maximum atomic E-state index is 11.3. The van der Waals surface area contributed by atoms with Crippen LogP contribution in [-0.4, -0.2) is 22.2 Å². The Labute approximate surface area is 146 Å². The molecule has 3 N–H and O–H groups in total. The first kappa shape index (κ1) is 16.7. The fraction of sp³-hybridized carbons (Fsp3) is 0.100. The highest BCUT2D eigenvalue weighted by molar-refractivity contribution is 5.92. The van der Waals surface area contributed by atoms with Crippen molar-refractivity contribution < 1.29 is 4.79 Å². The summed E-state index contributed by atoms with van der Waals surface area (Å²) in [5.41, 5.74) is 10.2. The van der Waals surface area contributed by atoms with Crippen molar-refractivity contribution in [1.29, 1.82) is 0 Å². The van der Waals surface area contributed by atoms with Crippen molar-refractivity contribution in [2.45, 2.75) is 6.92 Å². The molecule has 5 nitrogen and oxygen atoms in total. The number of benzene rings is 2. The minimum Gasteiger partial charge on any atom is -0.325 e. The molecule has 0 saturated carbocycles. The summed E-state index contributed by atoms with van der Waals surface area (Å²) < 4.78 is 1.87. The summed E-state index contributed by atoms with van der Waals surface area (Å²) in [6.07, 6.45) is 5.86. The average Bonchev–Trinajstić information content (AvgIpc) is 3.13. The number of nitrogens with zero attached hydrogens (tertiary/aromatic N) is 2. The van der Waals surface area contributed by atoms with E-state index in [-0.39, 0.29) is 12.5 Å². The second-order valence-corrected chi connectivity index (χ2v) is 5.55. The van der Waals surface area contributed by atoms with Crippen LogP contribution in [0.2, 0.25) is 0 Å². The quantitative estimate of drug-likeness (QED) is 0.751. The third-order valence-corrected chi connectivity index (χ3v) is 3.79. The number of amides is 1. The fourth-order valence-corrected chi connectivity index (χ4v) is 2.58. The summed E-state index contributed by atoms with van der Waals surface area (Å²) in [5, 5.41) is 7.15. The van der Waals surface area contributed by atoms with Gasteiger partial charge in [-0.15, -0.1) is 0 Å². The van der Waals surface area contributed by atoms with Gasteiger partial charge in [-0.25, -0.2) is 4.68 Å². The van der Waals surface area contributed by atoms with Crippen molar-refractivity contribution in [2.75, 3.05) is 11.9 Å². The smallest absolute Gasteiger partial charge is 0.238 e. The van der Waals surface area contributed by atoms with Crippen LogP contribution in [0, 0.1) is 0 Å². The van der Waals surface area contributed by atoms with E-state index in [2.05, 4.69) is 40.8 Å². The number of rotatable bonds is 5. The van der Waals surface area contributed by atoms with Crippen molar-refractivity contribution in [1.82, 2.24) is 9.78 Å². The molecule has 0 bridgehead atoms. The molecule has 0 aliphatic carbocycles. The molecule has 0 spiro atoms. The molecule has 25 heavy (non-hydrogen) atoms. The Morgan fingerprint density at radius 2 is 1.84 bits per heavy atom. The van der Waals surface area contributed by atoms with E-state index in [1.54, 1.807) is 6.20 Å². The Morgan fingerprint density at radius 3 is 2.48 bits per heavy atom. The molecular weight excluding hydrogens is 312 g/mol. The van der Waals surface area contributed by atoms with Crippen LogP contribution in [0.15, 0.2) is 66.9 Å². The molecular formula is C20H20N4O. The van der Waals surface area contributed by atoms with Crippen LogP contribution in [-0.2, 0) is 4.79 Å². The van der Waals surface area contributed by atoms with Gasteiger partial charge in [-0.2, -0.15) is 5.10 Å². The van der Waals surface area contributed by atoms with Gasteiger partial charge in [0, 0.05) is 11.3 Å². The third-order valence-electron chi connectivity index (χ3n) is 3.79. The van der Waals surface area contributed by atoms with Crippen LogP contribution in [0.1, 0.15) is 12.5 Å². The number of anilines is 1. The van der Waals surface area contributed by atoms with Crippen molar-refractivity contribution >= 4 is 17.7 Å². The molecule has 0 aliphatic rings. The van der Waals surface area contributed by atoms with E-state index >= 15 is 0 Å². The third kappa shape index (κ3) is 3.84. The molecule has 1 amide bonds. The lowest BCUT2D eigenvalue weighted by atomic mass is 10.1. The summed E-state index contributed by atoms with van der Waals surface area (Å²) >= 11 is 0. The van der Waals surface area contributed by atoms with Crippen molar-refractivity contribution in [3.8, 4) is 16.9 Å². The fourth-order valence-electron chi connectivity index (χ4n) is 2.58. The lowest BCUT2D eigenvalue weighted by Gasteiger charge is -2.09. The van der Waals surface area contributed by atoms with E-state index in [0.717, 1.165) is 22.5 Å². The number of hydrogen-bond donors (Lipinski definition) is 2. The van der Waals surface area contributed by atoms with E-state index in [1.165, 1.54) is 0 Å². The summed E-state index contributed by atoms with van der Waals surface area (Å²) in [4.78, 5) is 11.3. The summed E-state index contributed by atoms with van der Waals surface area (Å²) in [6.45, 7) is 1.97. The Morgan fingerprint density at radius 1 is 1.12 bits per heavy atom. The molecule has 0 atom stereocenters. The monoisotopic (exact) mass is 332 g/mol. The molecule has 126 valence electrons. The second-order valence-electron chi connectivity index (χ2n) is 5.55. The number of nitrogens with one attached hydrogen (secondary N) is 1. The van der Waals surface area contributed by atoms with E-state index in [9.17, 15) is 4.79 Å². The van der Waals surface area contributed by atoms with Crippen LogP contribution in [0.4, 0.5) is 5.69 Å². The highest BCUT2D eigenvalue weighted by Gasteiger charge is 2.08. The molecule has 1 heterocycles. The van der Waals surface area contributed by atoms with Crippen LogP contribution in [0.25, 0.3) is 23.0 Å². The summed E-state index contributed by atoms with van der Waals surface area (Å²) in [5.74, 6) is -0.214. The van der Waals surface area contributed by atoms with Gasteiger partial charge in [0.25, 0.3) is 0 Å². The Hall–Kier alpha value is -3.18. The Kier molecular flexibility index (Phi) is 5.06. The van der Waals surface area contributed by atoms with E-state index < -0.39 is 0 Å². The first-order valence-electron chi connectivity index (χ1n) is 8.09. The number of hydrogen-bond acceptors (Lipinski definition) is 3. The van der Waals surface area contributed by atoms with Crippen molar-refractivity contribution in [2.24, 2.45) is 5.73 Å². The van der Waals surface area contributed by atoms with Gasteiger partial charge in [0.2, 0.25) is 5.91 Å². The maximum Gasteiger partial charge on any atom is 0.238 e. The largest absolute Gasteiger partial charge is 0.325 e. The minimum absolute atomic E-state index is 0.0335. The zero-order valence-corrected chi connectivity index (χ0v) is 14.0. The molecule has 5 heteroatoms. The molecule has 2 aromatic carbocycles. The highest BCUT2D eigenvalue weighted by Crippen LogP contribution is 2.24. The van der Waals surface area contributed by atoms with Crippen LogP contribution in [0.3, 0.4) is 0 Å². The first-order chi connectivity index (χ1) is 12.2. The van der Waals surface area contributed by atoms with Crippen LogP contribution in [0.5, 0.6) is 0 Å². The van der Waals surface area contributed by atoms with Gasteiger partial charge in [-0.05, 0) is 42.8 Å². The zero-order valence-electron chi connectivity index (χ0n) is 14.0. The van der Waals surface area contributed by atoms with E-state index in [1.807, 2.05) is 48.0 Å². The van der Waals surface area contributed by atoms with Crippen LogP contribution >= 0.6 is 0 Å². The van der Waals surface area contributed by atoms with Crippen molar-refractivity contribution in [3.63, 3.8) is 0 Å². The molecule has 3 aromatic rings. The topological polar surface area (TPSA) is 72.9 Å². The van der Waals surface area contributed by atoms with E-state index in [0.29, 0.717) is 5.69 Å². The molecule has 0 fully saturated rings.